The maximum Gasteiger partial charge on any atom is 0.322 e. The lowest BCUT2D eigenvalue weighted by molar-refractivity contribution is -0.140. The van der Waals surface area contributed by atoms with E-state index in [0.29, 0.717) is 11.8 Å². The molecule has 0 fully saturated rings. The Balaban J connectivity index is 5.12. The molecular formula is C22H34N6O13S2. The number of amides is 4. The molecule has 0 saturated carbocycles. The topological polar surface area (TPSA) is 335 Å². The van der Waals surface area contributed by atoms with Crippen molar-refractivity contribution in [3.63, 3.8) is 0 Å². The monoisotopic (exact) mass is 654 g/mol. The number of hydrogen-bond donors (Lipinski definition) is 10. The van der Waals surface area contributed by atoms with E-state index in [0.717, 1.165) is 11.8 Å². The van der Waals surface area contributed by atoms with E-state index in [1.165, 1.54) is 0 Å². The molecule has 0 aromatic rings. The quantitative estimate of drug-likeness (QED) is 0.0528. The molecule has 0 aliphatic rings. The van der Waals surface area contributed by atoms with Gasteiger partial charge in [0.2, 0.25) is 23.6 Å². The zero-order valence-electron chi connectivity index (χ0n) is 22.6. The van der Waals surface area contributed by atoms with Crippen LogP contribution in [0.5, 0.6) is 0 Å². The minimum atomic E-state index is -1.38. The van der Waals surface area contributed by atoms with Crippen molar-refractivity contribution in [2.75, 3.05) is 30.3 Å². The van der Waals surface area contributed by atoms with Gasteiger partial charge >= 0.3 is 23.9 Å². The molecule has 0 saturated heterocycles. The van der Waals surface area contributed by atoms with Gasteiger partial charge in [0.15, 0.2) is 5.12 Å². The minimum absolute atomic E-state index is 0.211. The summed E-state index contributed by atoms with van der Waals surface area (Å²) < 4.78 is 0. The van der Waals surface area contributed by atoms with Gasteiger partial charge in [0.05, 0.1) is 5.75 Å². The Bertz CT molecular complexity index is 1060. The van der Waals surface area contributed by atoms with Crippen LogP contribution in [0.15, 0.2) is 0 Å². The maximum atomic E-state index is 12.4. The van der Waals surface area contributed by atoms with Gasteiger partial charge in [-0.1, -0.05) is 11.8 Å². The summed E-state index contributed by atoms with van der Waals surface area (Å²) in [5.41, 5.74) is 10.7. The van der Waals surface area contributed by atoms with Crippen LogP contribution in [0, 0.1) is 0 Å². The number of carbonyl (C=O) groups excluding carboxylic acids is 5. The number of rotatable bonds is 22. The molecule has 0 spiro atoms. The van der Waals surface area contributed by atoms with Crippen LogP contribution in [0.4, 0.5) is 0 Å². The Morgan fingerprint density at radius 2 is 1.02 bits per heavy atom. The van der Waals surface area contributed by atoms with Crippen LogP contribution in [0.25, 0.3) is 0 Å². The highest BCUT2D eigenvalue weighted by Gasteiger charge is 2.25. The molecule has 0 radical (unpaired) electrons. The number of carbonyl (C=O) groups is 9. The summed E-state index contributed by atoms with van der Waals surface area (Å²) in [6.45, 7) is -1.53. The molecule has 0 aliphatic carbocycles. The lowest BCUT2D eigenvalue weighted by Gasteiger charge is -2.19. The molecule has 21 heteroatoms. The molecule has 0 aliphatic heterocycles. The summed E-state index contributed by atoms with van der Waals surface area (Å²) >= 11 is 1.44. The van der Waals surface area contributed by atoms with Crippen LogP contribution in [0.2, 0.25) is 0 Å². The van der Waals surface area contributed by atoms with Gasteiger partial charge in [-0.3, -0.25) is 43.2 Å². The largest absolute Gasteiger partial charge is 0.480 e. The lowest BCUT2D eigenvalue weighted by Crippen LogP contribution is -2.50. The lowest BCUT2D eigenvalue weighted by atomic mass is 10.1. The van der Waals surface area contributed by atoms with Crippen molar-refractivity contribution in [1.29, 1.82) is 0 Å². The highest BCUT2D eigenvalue weighted by molar-refractivity contribution is 8.15. The summed E-state index contributed by atoms with van der Waals surface area (Å²) in [7, 11) is 0. The first kappa shape index (κ1) is 39.0. The van der Waals surface area contributed by atoms with Gasteiger partial charge in [-0.15, -0.1) is 0 Å². The van der Waals surface area contributed by atoms with Crippen LogP contribution >= 0.6 is 23.5 Å². The molecule has 19 nitrogen and oxygen atoms in total. The van der Waals surface area contributed by atoms with Crippen LogP contribution < -0.4 is 32.7 Å². The number of aliphatic carboxylic acids is 4. The average molecular weight is 655 g/mol. The first-order valence-corrected chi connectivity index (χ1v) is 14.4. The van der Waals surface area contributed by atoms with E-state index < -0.39 is 89.9 Å². The van der Waals surface area contributed by atoms with E-state index in [-0.39, 0.29) is 42.9 Å². The third-order valence-corrected chi connectivity index (χ3v) is 7.23. The number of carboxylic acid groups (broad SMARTS) is 4. The molecule has 0 unspecified atom stereocenters. The predicted molar refractivity (Wildman–Crippen MR) is 150 cm³/mol. The van der Waals surface area contributed by atoms with Gasteiger partial charge in [-0.05, 0) is 12.8 Å². The van der Waals surface area contributed by atoms with E-state index in [9.17, 15) is 43.2 Å². The van der Waals surface area contributed by atoms with Crippen LogP contribution in [-0.4, -0.2) is 128 Å². The molecular weight excluding hydrogens is 620 g/mol. The molecule has 242 valence electrons. The normalized spacial score (nSPS) is 13.3. The fourth-order valence-corrected chi connectivity index (χ4v) is 4.69. The number of nitrogens with one attached hydrogen (secondary N) is 4. The second-order valence-corrected chi connectivity index (χ2v) is 10.7. The Kier molecular flexibility index (Phi) is 18.9. The fourth-order valence-electron chi connectivity index (χ4n) is 2.77. The Morgan fingerprint density at radius 3 is 1.40 bits per heavy atom. The molecule has 0 aromatic carbocycles. The molecule has 12 N–H and O–H groups in total. The molecule has 0 aromatic heterocycles. The second-order valence-electron chi connectivity index (χ2n) is 8.63. The molecule has 43 heavy (non-hydrogen) atoms. The highest BCUT2D eigenvalue weighted by Crippen LogP contribution is 2.13. The van der Waals surface area contributed by atoms with Crippen molar-refractivity contribution in [2.45, 2.75) is 49.9 Å². The van der Waals surface area contributed by atoms with Gasteiger partial charge < -0.3 is 53.2 Å². The van der Waals surface area contributed by atoms with E-state index in [4.69, 9.17) is 31.9 Å². The number of thioether (sulfide) groups is 2. The molecule has 4 atom stereocenters. The highest BCUT2D eigenvalue weighted by atomic mass is 32.2. The van der Waals surface area contributed by atoms with Crippen molar-refractivity contribution in [1.82, 2.24) is 21.3 Å². The smallest absolute Gasteiger partial charge is 0.322 e. The molecule has 0 rings (SSSR count). The Hall–Kier alpha value is -3.95. The van der Waals surface area contributed by atoms with E-state index in [1.807, 2.05) is 0 Å². The van der Waals surface area contributed by atoms with E-state index in [1.54, 1.807) is 0 Å². The summed E-state index contributed by atoms with van der Waals surface area (Å²) in [6, 6.07) is -5.34. The summed E-state index contributed by atoms with van der Waals surface area (Å²) in [4.78, 5) is 105. The van der Waals surface area contributed by atoms with Gasteiger partial charge in [-0.2, -0.15) is 11.8 Å². The molecule has 0 heterocycles. The van der Waals surface area contributed by atoms with Gasteiger partial charge in [0.1, 0.15) is 37.3 Å². The van der Waals surface area contributed by atoms with Crippen molar-refractivity contribution < 1.29 is 63.6 Å². The second kappa shape index (κ2) is 20.9. The van der Waals surface area contributed by atoms with E-state index in [2.05, 4.69) is 21.3 Å². The first-order chi connectivity index (χ1) is 20.0. The van der Waals surface area contributed by atoms with Crippen molar-refractivity contribution in [3.8, 4) is 0 Å². The van der Waals surface area contributed by atoms with Crippen molar-refractivity contribution in [3.05, 3.63) is 0 Å². The number of carboxylic acids is 4. The summed E-state index contributed by atoms with van der Waals surface area (Å²) in [6.07, 6.45) is -1.21. The third kappa shape index (κ3) is 19.0. The zero-order valence-corrected chi connectivity index (χ0v) is 24.2. The van der Waals surface area contributed by atoms with E-state index >= 15 is 0 Å². The van der Waals surface area contributed by atoms with Gasteiger partial charge in [-0.25, -0.2) is 0 Å². The van der Waals surface area contributed by atoms with Crippen molar-refractivity contribution in [2.24, 2.45) is 11.5 Å². The van der Waals surface area contributed by atoms with Gasteiger partial charge in [0, 0.05) is 24.3 Å². The first-order valence-electron chi connectivity index (χ1n) is 12.3. The minimum Gasteiger partial charge on any atom is -0.480 e. The standard InChI is InChI=1S/C22H34N6O13S2/c23-10(21(38)39)1-3-14(29)27-12(19(36)25-5-16(31)32)7-42-9-18(35)43-8-13(20(37)26-6-17(33)34)28-15(30)4-2-11(24)22(40)41/h10-13H,1-9,23-24H2,(H,25,36)(H,26,37)(H,27,29)(H,28,30)(H,31,32)(H,33,34)(H,38,39)(H,40,41)/t10-,11-,12+,13+/m0/s1. The fraction of sp³-hybridized carbons (Fsp3) is 0.591. The number of nitrogens with two attached hydrogens (primary N) is 2. The van der Waals surface area contributed by atoms with Crippen LogP contribution in [0.1, 0.15) is 25.7 Å². The molecule has 0 bridgehead atoms. The zero-order chi connectivity index (χ0) is 33.1. The summed E-state index contributed by atoms with van der Waals surface area (Å²) in [5.74, 6) is -9.56. The van der Waals surface area contributed by atoms with Gasteiger partial charge in [0.25, 0.3) is 0 Å². The van der Waals surface area contributed by atoms with Crippen LogP contribution in [0.3, 0.4) is 0 Å². The van der Waals surface area contributed by atoms with Crippen LogP contribution in [-0.2, 0) is 43.2 Å². The molecule has 4 amide bonds. The SMILES string of the molecule is N[C@@H](CCC(=O)N[C@H](CSCC(=O)SC[C@@H](NC(=O)CC[C@H](N)C(=O)O)C(=O)NCC(=O)O)C(=O)NCC(=O)O)C(=O)O. The average Bonchev–Trinajstić information content (AvgIpc) is 2.93. The third-order valence-electron chi connectivity index (χ3n) is 5.05. The summed E-state index contributed by atoms with van der Waals surface area (Å²) in [5, 5.41) is 43.4. The maximum absolute atomic E-state index is 12.4. The Labute approximate surface area is 252 Å². The number of hydrogen-bond acceptors (Lipinski definition) is 13. The predicted octanol–water partition coefficient (Wildman–Crippen LogP) is -4.27. The van der Waals surface area contributed by atoms with Crippen molar-refractivity contribution >= 4 is 76.1 Å². The Morgan fingerprint density at radius 1 is 0.628 bits per heavy atom.